The molecule has 1 atom stereocenters. The minimum atomic E-state index is 0.322. The van der Waals surface area contributed by atoms with E-state index >= 15 is 0 Å². The zero-order chi connectivity index (χ0) is 16.2. The molecule has 4 nitrogen and oxygen atoms in total. The van der Waals surface area contributed by atoms with Crippen LogP contribution in [0.1, 0.15) is 17.5 Å². The van der Waals surface area contributed by atoms with Crippen LogP contribution in [0.3, 0.4) is 0 Å². The van der Waals surface area contributed by atoms with E-state index in [9.17, 15) is 0 Å². The summed E-state index contributed by atoms with van der Waals surface area (Å²) >= 11 is 0. The van der Waals surface area contributed by atoms with Gasteiger partial charge in [0.05, 0.1) is 12.7 Å². The number of hydrogen-bond acceptors (Lipinski definition) is 3. The number of aromatic nitrogens is 2. The number of aromatic amines is 1. The van der Waals surface area contributed by atoms with Crippen LogP contribution >= 0.6 is 0 Å². The van der Waals surface area contributed by atoms with Gasteiger partial charge in [-0.2, -0.15) is 0 Å². The second-order valence-corrected chi connectivity index (χ2v) is 6.47. The molecule has 124 valence electrons. The summed E-state index contributed by atoms with van der Waals surface area (Å²) in [6.45, 7) is 3.77. The van der Waals surface area contributed by atoms with Gasteiger partial charge in [-0.3, -0.25) is 4.90 Å². The zero-order valence-electron chi connectivity index (χ0n) is 13.8. The summed E-state index contributed by atoms with van der Waals surface area (Å²) in [7, 11) is 0. The van der Waals surface area contributed by atoms with Gasteiger partial charge in [-0.15, -0.1) is 0 Å². The maximum atomic E-state index is 5.97. The maximum absolute atomic E-state index is 5.97. The normalized spacial score (nSPS) is 18.9. The predicted molar refractivity (Wildman–Crippen MR) is 95.9 cm³/mol. The third kappa shape index (κ3) is 3.50. The summed E-state index contributed by atoms with van der Waals surface area (Å²) < 4.78 is 5.97. The summed E-state index contributed by atoms with van der Waals surface area (Å²) in [5.74, 6) is 0. The van der Waals surface area contributed by atoms with E-state index < -0.39 is 0 Å². The van der Waals surface area contributed by atoms with Gasteiger partial charge in [0, 0.05) is 37.4 Å². The highest BCUT2D eigenvalue weighted by Gasteiger charge is 2.21. The predicted octanol–water partition coefficient (Wildman–Crippen LogP) is 3.40. The first kappa shape index (κ1) is 15.4. The van der Waals surface area contributed by atoms with Crippen LogP contribution in [0.25, 0.3) is 11.0 Å². The number of rotatable bonds is 5. The van der Waals surface area contributed by atoms with E-state index in [4.69, 9.17) is 4.74 Å². The Morgan fingerprint density at radius 1 is 1.17 bits per heavy atom. The fraction of sp³-hybridized carbons (Fsp3) is 0.350. The molecule has 2 aromatic heterocycles. The highest BCUT2D eigenvalue weighted by atomic mass is 16.5. The summed E-state index contributed by atoms with van der Waals surface area (Å²) in [5, 5.41) is 1.23. The maximum Gasteiger partial charge on any atom is 0.137 e. The number of ether oxygens (including phenoxy) is 1. The lowest BCUT2D eigenvalue weighted by atomic mass is 10.1. The molecule has 4 rings (SSSR count). The molecule has 0 radical (unpaired) electrons. The Balaban J connectivity index is 1.36. The Hall–Kier alpha value is -2.17. The molecule has 1 saturated heterocycles. The first-order valence-electron chi connectivity index (χ1n) is 8.67. The molecule has 1 aliphatic heterocycles. The Bertz CT molecular complexity index is 784. The van der Waals surface area contributed by atoms with Crippen molar-refractivity contribution in [1.82, 2.24) is 14.9 Å². The molecule has 24 heavy (non-hydrogen) atoms. The van der Waals surface area contributed by atoms with Crippen molar-refractivity contribution in [2.24, 2.45) is 0 Å². The van der Waals surface area contributed by atoms with Crippen LogP contribution in [0.2, 0.25) is 0 Å². The summed E-state index contributed by atoms with van der Waals surface area (Å²) in [4.78, 5) is 10.1. The van der Waals surface area contributed by atoms with Crippen molar-refractivity contribution in [1.29, 1.82) is 0 Å². The molecule has 1 N–H and O–H groups in total. The van der Waals surface area contributed by atoms with Crippen molar-refractivity contribution in [3.8, 4) is 0 Å². The average molecular weight is 321 g/mol. The molecule has 1 unspecified atom stereocenters. The van der Waals surface area contributed by atoms with Crippen LogP contribution in [0.4, 0.5) is 0 Å². The van der Waals surface area contributed by atoms with E-state index in [1.54, 1.807) is 0 Å². The van der Waals surface area contributed by atoms with Gasteiger partial charge in [0.2, 0.25) is 0 Å². The third-order valence-corrected chi connectivity index (χ3v) is 4.75. The molecule has 4 heteroatoms. The molecule has 0 bridgehead atoms. The third-order valence-electron chi connectivity index (χ3n) is 4.75. The van der Waals surface area contributed by atoms with Gasteiger partial charge in [0.1, 0.15) is 5.65 Å². The Morgan fingerprint density at radius 2 is 2.08 bits per heavy atom. The fourth-order valence-corrected chi connectivity index (χ4v) is 3.46. The largest absolute Gasteiger partial charge is 0.376 e. The number of pyridine rings is 1. The standard InChI is InChI=1S/C20H23N3O/c1-2-5-16(6-3-1)8-9-18-15-23(11-12-24-18)14-17-13-22-20-19(17)7-4-10-21-20/h1-7,10,13,18H,8-9,11-12,14-15H2,(H,21,22). The smallest absolute Gasteiger partial charge is 0.137 e. The van der Waals surface area contributed by atoms with Crippen molar-refractivity contribution in [2.45, 2.75) is 25.5 Å². The van der Waals surface area contributed by atoms with E-state index in [1.807, 2.05) is 12.3 Å². The van der Waals surface area contributed by atoms with Gasteiger partial charge in [0.15, 0.2) is 0 Å². The zero-order valence-corrected chi connectivity index (χ0v) is 13.8. The SMILES string of the molecule is c1ccc(CCC2CN(Cc3c[nH]c4ncccc34)CCO2)cc1. The number of aryl methyl sites for hydroxylation is 1. The minimum absolute atomic E-state index is 0.322. The number of fused-ring (bicyclic) bond motifs is 1. The van der Waals surface area contributed by atoms with Crippen molar-refractivity contribution < 1.29 is 4.74 Å². The highest BCUT2D eigenvalue weighted by molar-refractivity contribution is 5.79. The molecule has 0 spiro atoms. The number of hydrogen-bond donors (Lipinski definition) is 1. The van der Waals surface area contributed by atoms with E-state index in [0.717, 1.165) is 44.7 Å². The highest BCUT2D eigenvalue weighted by Crippen LogP contribution is 2.20. The Morgan fingerprint density at radius 3 is 3.00 bits per heavy atom. The van der Waals surface area contributed by atoms with E-state index in [0.29, 0.717) is 6.10 Å². The van der Waals surface area contributed by atoms with Crippen molar-refractivity contribution >= 4 is 11.0 Å². The molecule has 1 fully saturated rings. The molecule has 3 aromatic rings. The molecule has 0 saturated carbocycles. The second kappa shape index (κ2) is 7.16. The molecule has 1 aliphatic rings. The van der Waals surface area contributed by atoms with Crippen molar-refractivity contribution in [3.05, 3.63) is 66.0 Å². The van der Waals surface area contributed by atoms with Crippen LogP contribution in [0.5, 0.6) is 0 Å². The van der Waals surface area contributed by atoms with Gasteiger partial charge >= 0.3 is 0 Å². The van der Waals surface area contributed by atoms with Gasteiger partial charge in [-0.25, -0.2) is 4.98 Å². The quantitative estimate of drug-likeness (QED) is 0.783. The topological polar surface area (TPSA) is 41.2 Å². The van der Waals surface area contributed by atoms with E-state index in [1.165, 1.54) is 16.5 Å². The van der Waals surface area contributed by atoms with Gasteiger partial charge in [-0.05, 0) is 36.1 Å². The summed E-state index contributed by atoms with van der Waals surface area (Å²) in [6.07, 6.45) is 6.40. The Kier molecular flexibility index (Phi) is 4.58. The number of H-pyrrole nitrogens is 1. The van der Waals surface area contributed by atoms with Crippen LogP contribution in [-0.4, -0.2) is 40.7 Å². The molecule has 1 aromatic carbocycles. The van der Waals surface area contributed by atoms with Crippen molar-refractivity contribution in [2.75, 3.05) is 19.7 Å². The molecular weight excluding hydrogens is 298 g/mol. The van der Waals surface area contributed by atoms with Crippen LogP contribution in [0, 0.1) is 0 Å². The lowest BCUT2D eigenvalue weighted by molar-refractivity contribution is -0.0344. The molecule has 0 amide bonds. The first-order chi connectivity index (χ1) is 11.9. The Labute approximate surface area is 142 Å². The minimum Gasteiger partial charge on any atom is -0.376 e. The number of benzene rings is 1. The number of morpholine rings is 1. The lowest BCUT2D eigenvalue weighted by Crippen LogP contribution is -2.42. The van der Waals surface area contributed by atoms with Gasteiger partial charge in [-0.1, -0.05) is 30.3 Å². The fourth-order valence-electron chi connectivity index (χ4n) is 3.46. The molecule has 0 aliphatic carbocycles. The lowest BCUT2D eigenvalue weighted by Gasteiger charge is -2.33. The summed E-state index contributed by atoms with van der Waals surface area (Å²) in [6, 6.07) is 14.8. The van der Waals surface area contributed by atoms with Gasteiger partial charge < -0.3 is 9.72 Å². The monoisotopic (exact) mass is 321 g/mol. The second-order valence-electron chi connectivity index (χ2n) is 6.47. The van der Waals surface area contributed by atoms with E-state index in [2.05, 4.69) is 57.5 Å². The van der Waals surface area contributed by atoms with E-state index in [-0.39, 0.29) is 0 Å². The molecular formula is C20H23N3O. The summed E-state index contributed by atoms with van der Waals surface area (Å²) in [5.41, 5.74) is 3.68. The first-order valence-corrected chi connectivity index (χ1v) is 8.67. The average Bonchev–Trinajstić information content (AvgIpc) is 3.04. The van der Waals surface area contributed by atoms with Crippen LogP contribution in [0.15, 0.2) is 54.9 Å². The van der Waals surface area contributed by atoms with Crippen molar-refractivity contribution in [3.63, 3.8) is 0 Å². The molecule has 3 heterocycles. The van der Waals surface area contributed by atoms with Crippen LogP contribution < -0.4 is 0 Å². The van der Waals surface area contributed by atoms with Crippen LogP contribution in [-0.2, 0) is 17.7 Å². The van der Waals surface area contributed by atoms with Gasteiger partial charge in [0.25, 0.3) is 0 Å². The number of nitrogens with one attached hydrogen (secondary N) is 1. The number of nitrogens with zero attached hydrogens (tertiary/aromatic N) is 2.